The molecule has 0 aromatic rings. The number of aliphatic hydroxyl groups excluding tert-OH is 2. The molecule has 7 heteroatoms. The summed E-state index contributed by atoms with van der Waals surface area (Å²) < 4.78 is 6.25. The van der Waals surface area contributed by atoms with Gasteiger partial charge in [-0.15, -0.1) is 0 Å². The van der Waals surface area contributed by atoms with Crippen molar-refractivity contribution in [3.05, 3.63) is 0 Å². The molecule has 0 spiro atoms. The Morgan fingerprint density at radius 2 is 1.59 bits per heavy atom. The average Bonchev–Trinajstić information content (AvgIpc) is 3.12. The van der Waals surface area contributed by atoms with E-state index in [-0.39, 0.29) is 6.42 Å². The number of carboxylic acids is 1. The molecule has 0 aromatic carbocycles. The Bertz CT molecular complexity index is 662. The molecule has 0 aromatic heterocycles. The fraction of sp³-hybridized carbons (Fsp3) is 0.955. The minimum absolute atomic E-state index is 0.177. The molecular weight excluding hydrogens is 376 g/mol. The van der Waals surface area contributed by atoms with Crippen molar-refractivity contribution < 1.29 is 35.1 Å². The number of carboxylic acid groups (broad SMARTS) is 1. The lowest BCUT2D eigenvalue weighted by Crippen LogP contribution is -2.49. The summed E-state index contributed by atoms with van der Waals surface area (Å²) in [5, 5.41) is 53.3. The molecule has 0 bridgehead atoms. The highest BCUT2D eigenvalue weighted by atomic mass is 16.6. The zero-order valence-corrected chi connectivity index (χ0v) is 18.3. The third-order valence-electron chi connectivity index (χ3n) is 8.55. The van der Waals surface area contributed by atoms with Crippen LogP contribution < -0.4 is 0 Å². The maximum Gasteiger partial charge on any atom is 0.303 e. The standard InChI is InChI=1S/C22H38O7/c1-6-7-8-9-10-11-13(12-14(23)24)22-19(4,5)21(22,28)15(25)16(29-22)20(27)17(26)18(20,2)3/h13,15-17,25-28H,6-12H2,1-5H3,(H,23,24)/t13?,15-,16-,17?,20-,21-,22?/m0/s1. The average molecular weight is 415 g/mol. The van der Waals surface area contributed by atoms with Gasteiger partial charge in [0.1, 0.15) is 29.0 Å². The smallest absolute Gasteiger partial charge is 0.303 e. The number of ether oxygens (including phenoxy) is 1. The Kier molecular flexibility index (Phi) is 5.45. The lowest BCUT2D eigenvalue weighted by atomic mass is 9.85. The van der Waals surface area contributed by atoms with E-state index in [4.69, 9.17) is 4.74 Å². The minimum Gasteiger partial charge on any atom is -0.481 e. The summed E-state index contributed by atoms with van der Waals surface area (Å²) >= 11 is 0. The van der Waals surface area contributed by atoms with Crippen LogP contribution in [0.4, 0.5) is 0 Å². The van der Waals surface area contributed by atoms with Gasteiger partial charge >= 0.3 is 5.97 Å². The van der Waals surface area contributed by atoms with Crippen LogP contribution in [-0.4, -0.2) is 66.6 Å². The van der Waals surface area contributed by atoms with Crippen LogP contribution in [-0.2, 0) is 9.53 Å². The van der Waals surface area contributed by atoms with Crippen molar-refractivity contribution in [2.75, 3.05) is 0 Å². The minimum atomic E-state index is -1.67. The van der Waals surface area contributed by atoms with Gasteiger partial charge in [0.2, 0.25) is 0 Å². The lowest BCUT2D eigenvalue weighted by Gasteiger charge is -2.34. The number of aliphatic carboxylic acids is 1. The fourth-order valence-corrected chi connectivity index (χ4v) is 6.36. The molecule has 0 radical (unpaired) electrons. The van der Waals surface area contributed by atoms with Crippen molar-refractivity contribution in [1.29, 1.82) is 0 Å². The summed E-state index contributed by atoms with van der Waals surface area (Å²) in [5.41, 5.74) is -6.34. The second-order valence-corrected chi connectivity index (χ2v) is 10.6. The highest BCUT2D eigenvalue weighted by Crippen LogP contribution is 2.79. The van der Waals surface area contributed by atoms with Crippen molar-refractivity contribution in [2.45, 2.75) is 115 Å². The van der Waals surface area contributed by atoms with Crippen molar-refractivity contribution >= 4 is 5.97 Å². The van der Waals surface area contributed by atoms with Crippen molar-refractivity contribution in [3.8, 4) is 0 Å². The van der Waals surface area contributed by atoms with E-state index in [1.807, 2.05) is 0 Å². The van der Waals surface area contributed by atoms with Gasteiger partial charge in [0.25, 0.3) is 0 Å². The first-order valence-electron chi connectivity index (χ1n) is 11.0. The van der Waals surface area contributed by atoms with Gasteiger partial charge in [-0.1, -0.05) is 66.7 Å². The zero-order valence-electron chi connectivity index (χ0n) is 18.3. The molecule has 7 nitrogen and oxygen atoms in total. The van der Waals surface area contributed by atoms with Gasteiger partial charge in [0, 0.05) is 16.7 Å². The number of fused-ring (bicyclic) bond motifs is 1. The lowest BCUT2D eigenvalue weighted by molar-refractivity contribution is -0.164. The molecule has 1 aliphatic heterocycles. The molecule has 3 fully saturated rings. The van der Waals surface area contributed by atoms with Gasteiger partial charge in [-0.25, -0.2) is 0 Å². The van der Waals surface area contributed by atoms with Crippen LogP contribution in [0.3, 0.4) is 0 Å². The predicted molar refractivity (Wildman–Crippen MR) is 106 cm³/mol. The SMILES string of the molecule is CCCCCCCC(CC(=O)O)C12O[C@H]([C@]3(O)C(O)C3(C)C)[C@H](O)[C@]1(O)C2(C)C. The summed E-state index contributed by atoms with van der Waals surface area (Å²) in [5.74, 6) is -1.47. The van der Waals surface area contributed by atoms with Gasteiger partial charge in [-0.3, -0.25) is 4.79 Å². The molecule has 1 saturated heterocycles. The monoisotopic (exact) mass is 414 g/mol. The number of hydrogen-bond acceptors (Lipinski definition) is 6. The third-order valence-corrected chi connectivity index (χ3v) is 8.55. The van der Waals surface area contributed by atoms with Crippen LogP contribution in [0.15, 0.2) is 0 Å². The van der Waals surface area contributed by atoms with E-state index in [0.717, 1.165) is 32.1 Å². The van der Waals surface area contributed by atoms with Crippen LogP contribution in [0, 0.1) is 16.7 Å². The van der Waals surface area contributed by atoms with Crippen LogP contribution >= 0.6 is 0 Å². The van der Waals surface area contributed by atoms with E-state index in [2.05, 4.69) is 6.92 Å². The van der Waals surface area contributed by atoms with E-state index < -0.39 is 57.8 Å². The number of aliphatic hydroxyl groups is 4. The third kappa shape index (κ3) is 2.64. The summed E-state index contributed by atoms with van der Waals surface area (Å²) in [6.07, 6.45) is 1.83. The Morgan fingerprint density at radius 1 is 1.03 bits per heavy atom. The fourth-order valence-electron chi connectivity index (χ4n) is 6.36. The first-order valence-corrected chi connectivity index (χ1v) is 11.0. The maximum atomic E-state index is 11.6. The van der Waals surface area contributed by atoms with Gasteiger partial charge in [0.15, 0.2) is 0 Å². The molecule has 3 aliphatic rings. The first-order chi connectivity index (χ1) is 13.3. The highest BCUT2D eigenvalue weighted by Gasteiger charge is 2.96. The quantitative estimate of drug-likeness (QED) is 0.345. The summed E-state index contributed by atoms with van der Waals surface area (Å²) in [4.78, 5) is 11.6. The first kappa shape index (κ1) is 22.9. The molecule has 29 heavy (non-hydrogen) atoms. The van der Waals surface area contributed by atoms with E-state index >= 15 is 0 Å². The molecule has 2 saturated carbocycles. The maximum absolute atomic E-state index is 11.6. The van der Waals surface area contributed by atoms with Crippen LogP contribution in [0.5, 0.6) is 0 Å². The number of carbonyl (C=O) groups is 1. The van der Waals surface area contributed by atoms with Crippen LogP contribution in [0.2, 0.25) is 0 Å². The van der Waals surface area contributed by atoms with Crippen LogP contribution in [0.1, 0.15) is 79.6 Å². The normalized spacial score (nSPS) is 44.9. The topological polar surface area (TPSA) is 127 Å². The Morgan fingerprint density at radius 3 is 2.07 bits per heavy atom. The summed E-state index contributed by atoms with van der Waals surface area (Å²) in [6.45, 7) is 9.04. The molecule has 1 heterocycles. The van der Waals surface area contributed by atoms with E-state index in [1.54, 1.807) is 27.7 Å². The van der Waals surface area contributed by atoms with Gasteiger partial charge in [-0.2, -0.15) is 0 Å². The van der Waals surface area contributed by atoms with Crippen molar-refractivity contribution in [2.24, 2.45) is 16.7 Å². The second-order valence-electron chi connectivity index (χ2n) is 10.6. The number of rotatable bonds is 10. The second kappa shape index (κ2) is 6.89. The van der Waals surface area contributed by atoms with Gasteiger partial charge < -0.3 is 30.3 Å². The van der Waals surface area contributed by atoms with E-state index in [0.29, 0.717) is 6.42 Å². The molecule has 168 valence electrons. The molecule has 7 atom stereocenters. The number of unbranched alkanes of at least 4 members (excludes halogenated alkanes) is 4. The zero-order chi connectivity index (χ0) is 22.0. The number of hydrogen-bond donors (Lipinski definition) is 5. The molecule has 3 rings (SSSR count). The molecule has 2 aliphatic carbocycles. The Balaban J connectivity index is 1.86. The molecule has 5 N–H and O–H groups in total. The summed E-state index contributed by atoms with van der Waals surface area (Å²) in [6, 6.07) is 0. The van der Waals surface area contributed by atoms with Gasteiger partial charge in [0.05, 0.1) is 12.5 Å². The van der Waals surface area contributed by atoms with E-state index in [9.17, 15) is 30.3 Å². The van der Waals surface area contributed by atoms with Crippen molar-refractivity contribution in [1.82, 2.24) is 0 Å². The Labute approximate surface area is 173 Å². The molecule has 3 unspecified atom stereocenters. The van der Waals surface area contributed by atoms with Gasteiger partial charge in [-0.05, 0) is 6.42 Å². The molecular formula is C22H38O7. The van der Waals surface area contributed by atoms with Crippen molar-refractivity contribution in [3.63, 3.8) is 0 Å². The predicted octanol–water partition coefficient (Wildman–Crippen LogP) is 1.84. The van der Waals surface area contributed by atoms with E-state index in [1.165, 1.54) is 0 Å². The highest BCUT2D eigenvalue weighted by molar-refractivity contribution is 5.68. The molecule has 0 amide bonds. The largest absolute Gasteiger partial charge is 0.481 e. The van der Waals surface area contributed by atoms with Crippen LogP contribution in [0.25, 0.3) is 0 Å². The Hall–Kier alpha value is -0.730. The summed E-state index contributed by atoms with van der Waals surface area (Å²) in [7, 11) is 0.